The first kappa shape index (κ1) is 19.9. The molecule has 2 amide bonds. The van der Waals surface area contributed by atoms with E-state index in [1.165, 1.54) is 12.8 Å². The van der Waals surface area contributed by atoms with Crippen LogP contribution in [0.25, 0.3) is 0 Å². The third-order valence-corrected chi connectivity index (χ3v) is 4.84. The number of methoxy groups -OCH3 is 1. The van der Waals surface area contributed by atoms with E-state index in [9.17, 15) is 4.79 Å². The van der Waals surface area contributed by atoms with Crippen LogP contribution in [0.1, 0.15) is 31.4 Å². The van der Waals surface area contributed by atoms with E-state index < -0.39 is 0 Å². The molecule has 1 aromatic carbocycles. The molecular weight excluding hydrogens is 356 g/mol. The summed E-state index contributed by atoms with van der Waals surface area (Å²) < 4.78 is 11.0. The number of anilines is 1. The second kappa shape index (κ2) is 9.94. The van der Waals surface area contributed by atoms with Crippen molar-refractivity contribution in [1.82, 2.24) is 15.2 Å². The summed E-state index contributed by atoms with van der Waals surface area (Å²) in [6.07, 6.45) is 3.98. The molecule has 1 aromatic heterocycles. The predicted octanol–water partition coefficient (Wildman–Crippen LogP) is 3.45. The summed E-state index contributed by atoms with van der Waals surface area (Å²) in [5, 5.41) is 5.83. The third kappa shape index (κ3) is 4.92. The number of carbonyl (C=O) groups is 1. The first-order chi connectivity index (χ1) is 13.7. The minimum absolute atomic E-state index is 0.0599. The number of amides is 2. The smallest absolute Gasteiger partial charge is 0.319 e. The molecular formula is C21H28N4O3. The van der Waals surface area contributed by atoms with E-state index in [4.69, 9.17) is 9.47 Å². The van der Waals surface area contributed by atoms with E-state index >= 15 is 0 Å². The van der Waals surface area contributed by atoms with Gasteiger partial charge in [0.1, 0.15) is 11.4 Å². The van der Waals surface area contributed by atoms with Crippen molar-refractivity contribution in [3.63, 3.8) is 0 Å². The lowest BCUT2D eigenvalue weighted by molar-refractivity contribution is 0.224. The van der Waals surface area contributed by atoms with E-state index in [1.54, 1.807) is 25.4 Å². The van der Waals surface area contributed by atoms with Gasteiger partial charge in [-0.25, -0.2) is 9.78 Å². The van der Waals surface area contributed by atoms with Crippen LogP contribution in [-0.2, 0) is 0 Å². The fourth-order valence-electron chi connectivity index (χ4n) is 3.52. The zero-order valence-electron chi connectivity index (χ0n) is 16.5. The van der Waals surface area contributed by atoms with Gasteiger partial charge in [0.2, 0.25) is 5.88 Å². The van der Waals surface area contributed by atoms with Gasteiger partial charge in [-0.3, -0.25) is 4.90 Å². The number of hydrogen-bond acceptors (Lipinski definition) is 5. The molecule has 2 aromatic rings. The number of benzene rings is 1. The Labute approximate surface area is 166 Å². The number of carbonyl (C=O) groups excluding carboxylic acids is 1. The van der Waals surface area contributed by atoms with Crippen molar-refractivity contribution in [3.05, 3.63) is 48.2 Å². The summed E-state index contributed by atoms with van der Waals surface area (Å²) in [5.74, 6) is 1.26. The van der Waals surface area contributed by atoms with Gasteiger partial charge in [-0.15, -0.1) is 0 Å². The van der Waals surface area contributed by atoms with Gasteiger partial charge in [-0.05, 0) is 51.1 Å². The largest absolute Gasteiger partial charge is 0.496 e. The standard InChI is InChI=1S/C21H28N4O3/c1-3-28-20-17(10-8-12-22-20)24-21(26)23-15-18(25-13-6-7-14-25)16-9-4-5-11-19(16)27-2/h4-5,8-12,18H,3,6-7,13-15H2,1-2H3,(H2,23,24,26). The van der Waals surface area contributed by atoms with Crippen molar-refractivity contribution in [2.45, 2.75) is 25.8 Å². The van der Waals surface area contributed by atoms with Crippen LogP contribution in [-0.4, -0.2) is 49.3 Å². The topological polar surface area (TPSA) is 75.7 Å². The average Bonchev–Trinajstić information content (AvgIpc) is 3.25. The second-order valence-electron chi connectivity index (χ2n) is 6.62. The summed E-state index contributed by atoms with van der Waals surface area (Å²) >= 11 is 0. The maximum atomic E-state index is 12.5. The summed E-state index contributed by atoms with van der Waals surface area (Å²) in [6.45, 7) is 4.88. The van der Waals surface area contributed by atoms with Gasteiger partial charge < -0.3 is 20.1 Å². The van der Waals surface area contributed by atoms with Gasteiger partial charge in [0.15, 0.2) is 0 Å². The number of likely N-dealkylation sites (tertiary alicyclic amines) is 1. The zero-order chi connectivity index (χ0) is 19.8. The highest BCUT2D eigenvalue weighted by atomic mass is 16.5. The highest BCUT2D eigenvalue weighted by molar-refractivity contribution is 5.90. The van der Waals surface area contributed by atoms with Gasteiger partial charge in [-0.1, -0.05) is 18.2 Å². The van der Waals surface area contributed by atoms with Gasteiger partial charge in [-0.2, -0.15) is 0 Å². The van der Waals surface area contributed by atoms with Crippen LogP contribution in [0.3, 0.4) is 0 Å². The van der Waals surface area contributed by atoms with Gasteiger partial charge in [0.25, 0.3) is 0 Å². The Morgan fingerprint density at radius 1 is 1.21 bits per heavy atom. The first-order valence-electron chi connectivity index (χ1n) is 9.72. The summed E-state index contributed by atoms with van der Waals surface area (Å²) in [4.78, 5) is 19.1. The third-order valence-electron chi connectivity index (χ3n) is 4.84. The Bertz CT molecular complexity index is 778. The van der Waals surface area contributed by atoms with Gasteiger partial charge >= 0.3 is 6.03 Å². The van der Waals surface area contributed by atoms with Gasteiger partial charge in [0.05, 0.1) is 19.8 Å². The minimum atomic E-state index is -0.284. The molecule has 2 N–H and O–H groups in total. The Hall–Kier alpha value is -2.80. The SMILES string of the molecule is CCOc1ncccc1NC(=O)NCC(c1ccccc1OC)N1CCCC1. The van der Waals surface area contributed by atoms with Crippen molar-refractivity contribution in [3.8, 4) is 11.6 Å². The number of ether oxygens (including phenoxy) is 2. The zero-order valence-corrected chi connectivity index (χ0v) is 16.5. The van der Waals surface area contributed by atoms with Crippen LogP contribution in [0.4, 0.5) is 10.5 Å². The number of nitrogens with one attached hydrogen (secondary N) is 2. The molecule has 0 saturated carbocycles. The van der Waals surface area contributed by atoms with Crippen molar-refractivity contribution in [1.29, 1.82) is 0 Å². The monoisotopic (exact) mass is 384 g/mol. The number of urea groups is 1. The summed E-state index contributed by atoms with van der Waals surface area (Å²) in [5.41, 5.74) is 1.64. The van der Waals surface area contributed by atoms with Crippen molar-refractivity contribution >= 4 is 11.7 Å². The molecule has 2 heterocycles. The predicted molar refractivity (Wildman–Crippen MR) is 109 cm³/mol. The molecule has 0 bridgehead atoms. The van der Waals surface area contributed by atoms with Crippen LogP contribution in [0.5, 0.6) is 11.6 Å². The fourth-order valence-corrected chi connectivity index (χ4v) is 3.52. The highest BCUT2D eigenvalue weighted by Crippen LogP contribution is 2.31. The fraction of sp³-hybridized carbons (Fsp3) is 0.429. The number of aromatic nitrogens is 1. The lowest BCUT2D eigenvalue weighted by Crippen LogP contribution is -2.38. The molecule has 1 unspecified atom stereocenters. The molecule has 150 valence electrons. The van der Waals surface area contributed by atoms with Crippen molar-refractivity contribution in [2.75, 3.05) is 38.7 Å². The number of para-hydroxylation sites is 1. The lowest BCUT2D eigenvalue weighted by atomic mass is 10.0. The van der Waals surface area contributed by atoms with Crippen molar-refractivity contribution < 1.29 is 14.3 Å². The number of pyridine rings is 1. The van der Waals surface area contributed by atoms with Crippen LogP contribution in [0.15, 0.2) is 42.6 Å². The molecule has 1 saturated heterocycles. The van der Waals surface area contributed by atoms with Gasteiger partial charge in [0, 0.05) is 18.3 Å². The second-order valence-corrected chi connectivity index (χ2v) is 6.62. The van der Waals surface area contributed by atoms with E-state index in [1.807, 2.05) is 25.1 Å². The van der Waals surface area contributed by atoms with Crippen LogP contribution in [0.2, 0.25) is 0 Å². The van der Waals surface area contributed by atoms with Crippen LogP contribution >= 0.6 is 0 Å². The maximum absolute atomic E-state index is 12.5. The Morgan fingerprint density at radius 3 is 2.75 bits per heavy atom. The normalized spacial score (nSPS) is 15.1. The van der Waals surface area contributed by atoms with Crippen LogP contribution in [0, 0.1) is 0 Å². The minimum Gasteiger partial charge on any atom is -0.496 e. The van der Waals surface area contributed by atoms with E-state index in [0.717, 1.165) is 24.4 Å². The van der Waals surface area contributed by atoms with E-state index in [2.05, 4.69) is 26.6 Å². The quantitative estimate of drug-likeness (QED) is 0.729. The van der Waals surface area contributed by atoms with Crippen LogP contribution < -0.4 is 20.1 Å². The molecule has 3 rings (SSSR count). The van der Waals surface area contributed by atoms with E-state index in [-0.39, 0.29) is 12.1 Å². The molecule has 7 nitrogen and oxygen atoms in total. The first-order valence-corrected chi connectivity index (χ1v) is 9.72. The molecule has 0 spiro atoms. The highest BCUT2D eigenvalue weighted by Gasteiger charge is 2.26. The Balaban J connectivity index is 1.69. The molecule has 7 heteroatoms. The average molecular weight is 384 g/mol. The Morgan fingerprint density at radius 2 is 2.00 bits per heavy atom. The molecule has 28 heavy (non-hydrogen) atoms. The number of hydrogen-bond donors (Lipinski definition) is 2. The molecule has 1 aliphatic rings. The number of rotatable bonds is 8. The Kier molecular flexibility index (Phi) is 7.08. The van der Waals surface area contributed by atoms with Crippen molar-refractivity contribution in [2.24, 2.45) is 0 Å². The maximum Gasteiger partial charge on any atom is 0.319 e. The van der Waals surface area contributed by atoms with E-state index in [0.29, 0.717) is 24.7 Å². The summed E-state index contributed by atoms with van der Waals surface area (Å²) in [6, 6.07) is 11.3. The summed E-state index contributed by atoms with van der Waals surface area (Å²) in [7, 11) is 1.68. The molecule has 0 aliphatic carbocycles. The molecule has 1 fully saturated rings. The number of nitrogens with zero attached hydrogens (tertiary/aromatic N) is 2. The molecule has 0 radical (unpaired) electrons. The lowest BCUT2D eigenvalue weighted by Gasteiger charge is -2.29. The molecule has 1 aliphatic heterocycles. The molecule has 1 atom stereocenters.